The molecule has 0 aliphatic heterocycles. The van der Waals surface area contributed by atoms with Gasteiger partial charge in [-0.05, 0) is 5.92 Å². The molecule has 0 atom stereocenters. The molecule has 2 N–H and O–H groups in total. The zero-order valence-corrected chi connectivity index (χ0v) is 9.52. The Bertz CT molecular complexity index is 439. The minimum absolute atomic E-state index is 0.0226. The summed E-state index contributed by atoms with van der Waals surface area (Å²) in [6.45, 7) is 1.49. The second-order valence-corrected chi connectivity index (χ2v) is 4.05. The number of nitrogens with zero attached hydrogens (tertiary/aromatic N) is 2. The van der Waals surface area contributed by atoms with Gasteiger partial charge in [-0.1, -0.05) is 29.3 Å². The predicted molar refractivity (Wildman–Crippen MR) is 61.5 cm³/mol. The van der Waals surface area contributed by atoms with Crippen molar-refractivity contribution in [1.82, 2.24) is 9.97 Å². The Hall–Kier alpha value is -1.25. The third-order valence-electron chi connectivity index (χ3n) is 1.33. The van der Waals surface area contributed by atoms with Crippen LogP contribution in [0.25, 0.3) is 0 Å². The number of halogens is 1. The molecule has 0 aromatic carbocycles. The fraction of sp³-hybridized carbons (Fsp3) is 0.222. The molecule has 0 radical (unpaired) electrons. The number of carbonyl (C=O) groups is 1. The molecule has 15 heavy (non-hydrogen) atoms. The summed E-state index contributed by atoms with van der Waals surface area (Å²) in [6.07, 6.45) is 1.35. The average molecular weight is 242 g/mol. The lowest BCUT2D eigenvalue weighted by atomic mass is 10.4. The maximum absolute atomic E-state index is 10.6. The molecular formula is C9H8ClN3OS. The highest BCUT2D eigenvalue weighted by molar-refractivity contribution is 8.13. The van der Waals surface area contributed by atoms with Crippen LogP contribution in [0.4, 0.5) is 5.82 Å². The summed E-state index contributed by atoms with van der Waals surface area (Å²) in [5.74, 6) is 6.10. The summed E-state index contributed by atoms with van der Waals surface area (Å²) in [4.78, 5) is 18.3. The minimum atomic E-state index is 0.0226. The summed E-state index contributed by atoms with van der Waals surface area (Å²) < 4.78 is 0. The van der Waals surface area contributed by atoms with E-state index in [1.807, 2.05) is 0 Å². The molecule has 78 valence electrons. The molecule has 1 aromatic rings. The van der Waals surface area contributed by atoms with Crippen molar-refractivity contribution in [3.8, 4) is 11.8 Å². The molecule has 1 aromatic heterocycles. The van der Waals surface area contributed by atoms with E-state index in [0.29, 0.717) is 11.4 Å². The smallest absolute Gasteiger partial charge is 0.186 e. The Labute approximate surface area is 96.6 Å². The number of hydrogen-bond donors (Lipinski definition) is 1. The maximum atomic E-state index is 10.6. The number of nitrogens with two attached hydrogens (primary N) is 1. The monoisotopic (exact) mass is 241 g/mol. The van der Waals surface area contributed by atoms with Crippen molar-refractivity contribution in [3.63, 3.8) is 0 Å². The molecule has 0 amide bonds. The Morgan fingerprint density at radius 3 is 3.13 bits per heavy atom. The zero-order valence-electron chi connectivity index (χ0n) is 7.95. The van der Waals surface area contributed by atoms with Crippen LogP contribution in [0, 0.1) is 11.8 Å². The van der Waals surface area contributed by atoms with Crippen LogP contribution >= 0.6 is 23.4 Å². The number of carbonyl (C=O) groups excluding carboxylic acids is 1. The van der Waals surface area contributed by atoms with Gasteiger partial charge in [-0.3, -0.25) is 4.79 Å². The first-order chi connectivity index (χ1) is 7.09. The van der Waals surface area contributed by atoms with Gasteiger partial charge < -0.3 is 5.73 Å². The molecule has 1 rings (SSSR count). The van der Waals surface area contributed by atoms with Crippen LogP contribution in [0.2, 0.25) is 5.15 Å². The predicted octanol–water partition coefficient (Wildman–Crippen LogP) is 1.34. The fourth-order valence-electron chi connectivity index (χ4n) is 0.726. The van der Waals surface area contributed by atoms with Crippen LogP contribution in [0.3, 0.4) is 0 Å². The molecule has 0 saturated heterocycles. The fourth-order valence-corrected chi connectivity index (χ4v) is 1.21. The number of hydrogen-bond acceptors (Lipinski definition) is 5. The summed E-state index contributed by atoms with van der Waals surface area (Å²) in [7, 11) is 0. The normalized spacial score (nSPS) is 9.20. The largest absolute Gasteiger partial charge is 0.381 e. The van der Waals surface area contributed by atoms with E-state index in [0.717, 1.165) is 11.8 Å². The first-order valence-electron chi connectivity index (χ1n) is 4.00. The highest BCUT2D eigenvalue weighted by Crippen LogP contribution is 2.08. The van der Waals surface area contributed by atoms with Gasteiger partial charge in [-0.25, -0.2) is 9.97 Å². The van der Waals surface area contributed by atoms with Crippen molar-refractivity contribution in [2.75, 3.05) is 11.5 Å². The van der Waals surface area contributed by atoms with Gasteiger partial charge in [0.1, 0.15) is 5.15 Å². The van der Waals surface area contributed by atoms with Crippen LogP contribution in [0.5, 0.6) is 0 Å². The Kier molecular flexibility index (Phi) is 4.40. The quantitative estimate of drug-likeness (QED) is 0.752. The van der Waals surface area contributed by atoms with Crippen molar-refractivity contribution >= 4 is 34.3 Å². The van der Waals surface area contributed by atoms with E-state index >= 15 is 0 Å². The number of aromatic nitrogens is 2. The van der Waals surface area contributed by atoms with Crippen LogP contribution in [-0.4, -0.2) is 20.8 Å². The summed E-state index contributed by atoms with van der Waals surface area (Å²) >= 11 is 6.75. The van der Waals surface area contributed by atoms with Crippen LogP contribution in [0.15, 0.2) is 6.20 Å². The van der Waals surface area contributed by atoms with Gasteiger partial charge in [0.25, 0.3) is 0 Å². The first kappa shape index (κ1) is 11.8. The van der Waals surface area contributed by atoms with E-state index in [-0.39, 0.29) is 16.1 Å². The van der Waals surface area contributed by atoms with Crippen LogP contribution in [-0.2, 0) is 4.79 Å². The average Bonchev–Trinajstić information content (AvgIpc) is 2.17. The van der Waals surface area contributed by atoms with Crippen molar-refractivity contribution < 1.29 is 4.79 Å². The second-order valence-electron chi connectivity index (χ2n) is 2.51. The van der Waals surface area contributed by atoms with Gasteiger partial charge in [0.05, 0.1) is 11.9 Å². The number of anilines is 1. The molecule has 0 saturated carbocycles. The van der Waals surface area contributed by atoms with Gasteiger partial charge in [0.2, 0.25) is 0 Å². The number of nitrogen functional groups attached to an aromatic ring is 1. The number of rotatable bonds is 1. The van der Waals surface area contributed by atoms with E-state index in [1.165, 1.54) is 13.1 Å². The van der Waals surface area contributed by atoms with Crippen LogP contribution in [0.1, 0.15) is 12.6 Å². The minimum Gasteiger partial charge on any atom is -0.381 e. The van der Waals surface area contributed by atoms with Gasteiger partial charge in [-0.15, -0.1) is 0 Å². The molecule has 0 unspecified atom stereocenters. The Morgan fingerprint density at radius 1 is 1.73 bits per heavy atom. The zero-order chi connectivity index (χ0) is 11.3. The van der Waals surface area contributed by atoms with Gasteiger partial charge in [-0.2, -0.15) is 0 Å². The van der Waals surface area contributed by atoms with Gasteiger partial charge in [0.15, 0.2) is 16.6 Å². The van der Waals surface area contributed by atoms with Crippen molar-refractivity contribution in [3.05, 3.63) is 17.0 Å². The lowest BCUT2D eigenvalue weighted by molar-refractivity contribution is -0.109. The molecule has 0 fully saturated rings. The summed E-state index contributed by atoms with van der Waals surface area (Å²) in [5.41, 5.74) is 5.86. The highest BCUT2D eigenvalue weighted by Gasteiger charge is 1.99. The van der Waals surface area contributed by atoms with E-state index in [9.17, 15) is 4.79 Å². The van der Waals surface area contributed by atoms with E-state index in [1.54, 1.807) is 0 Å². The summed E-state index contributed by atoms with van der Waals surface area (Å²) in [6, 6.07) is 0. The molecule has 6 heteroatoms. The van der Waals surface area contributed by atoms with E-state index in [4.69, 9.17) is 17.3 Å². The molecule has 4 nitrogen and oxygen atoms in total. The standard InChI is InChI=1S/C9H8ClN3OS/c1-6(14)15-4-2-3-7-9(11)12-5-8(10)13-7/h5H,4H2,1H3,(H2,11,12). The molecular weight excluding hydrogens is 234 g/mol. The molecule has 0 aliphatic rings. The van der Waals surface area contributed by atoms with Crippen molar-refractivity contribution in [2.24, 2.45) is 0 Å². The SMILES string of the molecule is CC(=O)SCC#Cc1nc(Cl)cnc1N. The first-order valence-corrected chi connectivity index (χ1v) is 5.36. The summed E-state index contributed by atoms with van der Waals surface area (Å²) in [5, 5.41) is 0.266. The van der Waals surface area contributed by atoms with Crippen molar-refractivity contribution in [1.29, 1.82) is 0 Å². The third kappa shape index (κ3) is 4.19. The second kappa shape index (κ2) is 5.59. The topological polar surface area (TPSA) is 68.9 Å². The van der Waals surface area contributed by atoms with Gasteiger partial charge >= 0.3 is 0 Å². The number of thioether (sulfide) groups is 1. The molecule has 1 heterocycles. The van der Waals surface area contributed by atoms with Crippen LogP contribution < -0.4 is 5.73 Å². The Morgan fingerprint density at radius 2 is 2.47 bits per heavy atom. The lowest BCUT2D eigenvalue weighted by Gasteiger charge is -1.95. The highest BCUT2D eigenvalue weighted by atomic mass is 35.5. The van der Waals surface area contributed by atoms with E-state index in [2.05, 4.69) is 21.8 Å². The maximum Gasteiger partial charge on any atom is 0.186 e. The van der Waals surface area contributed by atoms with Gasteiger partial charge in [0, 0.05) is 6.92 Å². The molecule has 0 aliphatic carbocycles. The third-order valence-corrected chi connectivity index (χ3v) is 2.20. The van der Waals surface area contributed by atoms with E-state index < -0.39 is 0 Å². The van der Waals surface area contributed by atoms with Crippen molar-refractivity contribution in [2.45, 2.75) is 6.92 Å². The lowest BCUT2D eigenvalue weighted by Crippen LogP contribution is -1.97. The Balaban J connectivity index is 2.71. The molecule has 0 spiro atoms. The molecule has 0 bridgehead atoms.